The average Bonchev–Trinajstić information content (AvgIpc) is 3.00. The zero-order chi connectivity index (χ0) is 20.2. The number of nitrogens with one attached hydrogen (secondary N) is 2. The van der Waals surface area contributed by atoms with Crippen molar-refractivity contribution >= 4 is 23.7 Å². The Morgan fingerprint density at radius 3 is 2.63 bits per heavy atom. The van der Waals surface area contributed by atoms with E-state index in [1.807, 2.05) is 45.9 Å². The Balaban J connectivity index is 2.13. The molecule has 0 bridgehead atoms. The van der Waals surface area contributed by atoms with Crippen molar-refractivity contribution in [1.82, 2.24) is 30.8 Å². The molecule has 0 aliphatic heterocycles. The van der Waals surface area contributed by atoms with Gasteiger partial charge in [-0.2, -0.15) is 4.68 Å². The van der Waals surface area contributed by atoms with Gasteiger partial charge in [-0.15, -0.1) is 5.10 Å². The summed E-state index contributed by atoms with van der Waals surface area (Å²) in [4.78, 5) is 24.2. The number of aromatic nitrogens is 4. The summed E-state index contributed by atoms with van der Waals surface area (Å²) in [5, 5.41) is 16.5. The second-order valence-corrected chi connectivity index (χ2v) is 8.31. The Labute approximate surface area is 162 Å². The van der Waals surface area contributed by atoms with Gasteiger partial charge in [0.2, 0.25) is 11.1 Å². The molecule has 1 heterocycles. The highest BCUT2D eigenvalue weighted by Crippen LogP contribution is 2.28. The monoisotopic (exact) mass is 392 g/mol. The van der Waals surface area contributed by atoms with Crippen LogP contribution < -0.4 is 15.4 Å². The van der Waals surface area contributed by atoms with Crippen LogP contribution in [0.3, 0.4) is 0 Å². The summed E-state index contributed by atoms with van der Waals surface area (Å²) >= 11 is 1.14. The maximum Gasteiger partial charge on any atom is 0.321 e. The number of hydrogen-bond acceptors (Lipinski definition) is 7. The molecule has 2 N–H and O–H groups in total. The largest absolute Gasteiger partial charge is 0.494 e. The van der Waals surface area contributed by atoms with E-state index in [9.17, 15) is 9.59 Å². The molecular formula is C17H24N6O3S. The van der Waals surface area contributed by atoms with Crippen LogP contribution in [-0.4, -0.2) is 50.0 Å². The summed E-state index contributed by atoms with van der Waals surface area (Å²) in [6.07, 6.45) is 0. The van der Waals surface area contributed by atoms with E-state index in [1.165, 1.54) is 4.68 Å². The van der Waals surface area contributed by atoms with Crippen molar-refractivity contribution in [1.29, 1.82) is 0 Å². The third-order valence-electron chi connectivity index (χ3n) is 3.38. The number of benzene rings is 1. The Kier molecular flexibility index (Phi) is 6.42. The lowest BCUT2D eigenvalue weighted by molar-refractivity contribution is -0.119. The second kappa shape index (κ2) is 8.38. The van der Waals surface area contributed by atoms with Crippen molar-refractivity contribution in [2.24, 2.45) is 0 Å². The van der Waals surface area contributed by atoms with Gasteiger partial charge in [-0.1, -0.05) is 17.8 Å². The third kappa shape index (κ3) is 5.68. The molecule has 1 aromatic heterocycles. The highest BCUT2D eigenvalue weighted by Gasteiger charge is 2.23. The number of amides is 3. The van der Waals surface area contributed by atoms with Crippen LogP contribution >= 0.6 is 11.8 Å². The number of imide groups is 1. The van der Waals surface area contributed by atoms with Gasteiger partial charge >= 0.3 is 6.03 Å². The molecule has 0 fully saturated rings. The molecule has 27 heavy (non-hydrogen) atoms. The average molecular weight is 392 g/mol. The SMILES string of the molecule is COc1ccc(C)cc1-n1nnnc1S[C@H](C)C(=O)NC(=O)NC(C)(C)C. The van der Waals surface area contributed by atoms with E-state index < -0.39 is 22.7 Å². The van der Waals surface area contributed by atoms with Crippen molar-refractivity contribution in [3.8, 4) is 11.4 Å². The second-order valence-electron chi connectivity index (χ2n) is 7.00. The molecule has 0 aliphatic rings. The molecular weight excluding hydrogens is 368 g/mol. The van der Waals surface area contributed by atoms with Gasteiger partial charge in [0.25, 0.3) is 0 Å². The minimum atomic E-state index is -0.587. The number of thioether (sulfide) groups is 1. The molecule has 0 saturated carbocycles. The first kappa shape index (κ1) is 20.7. The number of ether oxygens (including phenoxy) is 1. The van der Waals surface area contributed by atoms with Gasteiger partial charge in [-0.25, -0.2) is 4.79 Å². The first-order valence-electron chi connectivity index (χ1n) is 8.34. The molecule has 1 atom stereocenters. The van der Waals surface area contributed by atoms with E-state index in [4.69, 9.17) is 4.74 Å². The standard InChI is InChI=1S/C17H24N6O3S/c1-10-7-8-13(26-6)12(9-10)23-16(20-21-22-23)27-11(2)14(24)18-15(25)19-17(3,4)5/h7-9,11H,1-6H3,(H2,18,19,24,25)/t11-/m1/s1. The molecule has 0 unspecified atom stereocenters. The van der Waals surface area contributed by atoms with Gasteiger partial charge in [0.1, 0.15) is 11.4 Å². The normalized spacial score (nSPS) is 12.4. The van der Waals surface area contributed by atoms with Crippen LogP contribution in [-0.2, 0) is 4.79 Å². The van der Waals surface area contributed by atoms with E-state index in [-0.39, 0.29) is 0 Å². The Morgan fingerprint density at radius 2 is 2.00 bits per heavy atom. The van der Waals surface area contributed by atoms with Crippen molar-refractivity contribution in [3.63, 3.8) is 0 Å². The van der Waals surface area contributed by atoms with Crippen LogP contribution in [0.5, 0.6) is 5.75 Å². The number of nitrogens with zero attached hydrogens (tertiary/aromatic N) is 4. The number of carbonyl (C=O) groups excluding carboxylic acids is 2. The predicted molar refractivity (Wildman–Crippen MR) is 102 cm³/mol. The minimum Gasteiger partial charge on any atom is -0.494 e. The van der Waals surface area contributed by atoms with Crippen molar-refractivity contribution in [2.45, 2.75) is 50.6 Å². The summed E-state index contributed by atoms with van der Waals surface area (Å²) in [7, 11) is 1.56. The first-order chi connectivity index (χ1) is 12.6. The molecule has 146 valence electrons. The van der Waals surface area contributed by atoms with Crippen LogP contribution in [0.2, 0.25) is 0 Å². The summed E-state index contributed by atoms with van der Waals surface area (Å²) in [5.74, 6) is 0.170. The highest BCUT2D eigenvalue weighted by atomic mass is 32.2. The van der Waals surface area contributed by atoms with Crippen LogP contribution in [0.1, 0.15) is 33.3 Å². The summed E-state index contributed by atoms with van der Waals surface area (Å²) in [6.45, 7) is 9.12. The van der Waals surface area contributed by atoms with Gasteiger partial charge in [0.05, 0.1) is 12.4 Å². The van der Waals surface area contributed by atoms with E-state index in [0.29, 0.717) is 16.6 Å². The van der Waals surface area contributed by atoms with Crippen LogP contribution in [0.25, 0.3) is 5.69 Å². The van der Waals surface area contributed by atoms with Gasteiger partial charge in [-0.3, -0.25) is 10.1 Å². The molecule has 10 heteroatoms. The van der Waals surface area contributed by atoms with Crippen LogP contribution in [0.15, 0.2) is 23.4 Å². The van der Waals surface area contributed by atoms with Crippen molar-refractivity contribution < 1.29 is 14.3 Å². The van der Waals surface area contributed by atoms with Crippen LogP contribution in [0.4, 0.5) is 4.79 Å². The number of carbonyl (C=O) groups is 2. The molecule has 0 radical (unpaired) electrons. The number of urea groups is 1. The molecule has 1 aromatic carbocycles. The Bertz CT molecular complexity index is 830. The van der Waals surface area contributed by atoms with Gasteiger partial charge in [0.15, 0.2) is 0 Å². The minimum absolute atomic E-state index is 0.415. The molecule has 0 saturated heterocycles. The summed E-state index contributed by atoms with van der Waals surface area (Å²) in [5.41, 5.74) is 1.25. The Hall–Kier alpha value is -2.62. The molecule has 9 nitrogen and oxygen atoms in total. The number of hydrogen-bond donors (Lipinski definition) is 2. The summed E-state index contributed by atoms with van der Waals surface area (Å²) in [6, 6.07) is 5.10. The van der Waals surface area contributed by atoms with Crippen LogP contribution in [0, 0.1) is 6.92 Å². The zero-order valence-corrected chi connectivity index (χ0v) is 17.0. The van der Waals surface area contributed by atoms with E-state index in [2.05, 4.69) is 26.2 Å². The van der Waals surface area contributed by atoms with Gasteiger partial charge in [0, 0.05) is 5.54 Å². The number of aryl methyl sites for hydroxylation is 1. The highest BCUT2D eigenvalue weighted by molar-refractivity contribution is 8.00. The first-order valence-corrected chi connectivity index (χ1v) is 9.21. The number of tetrazole rings is 1. The molecule has 2 rings (SSSR count). The zero-order valence-electron chi connectivity index (χ0n) is 16.2. The fourth-order valence-corrected chi connectivity index (χ4v) is 2.97. The van der Waals surface area contributed by atoms with E-state index >= 15 is 0 Å². The lowest BCUT2D eigenvalue weighted by Crippen LogP contribution is -2.49. The van der Waals surface area contributed by atoms with Crippen molar-refractivity contribution in [2.75, 3.05) is 7.11 Å². The molecule has 3 amide bonds. The quantitative estimate of drug-likeness (QED) is 0.750. The van der Waals surface area contributed by atoms with E-state index in [0.717, 1.165) is 17.3 Å². The molecule has 0 aliphatic carbocycles. The van der Waals surface area contributed by atoms with Crippen molar-refractivity contribution in [3.05, 3.63) is 23.8 Å². The maximum atomic E-state index is 12.3. The van der Waals surface area contributed by atoms with E-state index in [1.54, 1.807) is 14.0 Å². The lowest BCUT2D eigenvalue weighted by atomic mass is 10.1. The number of methoxy groups -OCH3 is 1. The molecule has 2 aromatic rings. The summed E-state index contributed by atoms with van der Waals surface area (Å²) < 4.78 is 6.88. The topological polar surface area (TPSA) is 111 Å². The fraction of sp³-hybridized carbons (Fsp3) is 0.471. The number of rotatable bonds is 5. The van der Waals surface area contributed by atoms with Gasteiger partial charge < -0.3 is 10.1 Å². The smallest absolute Gasteiger partial charge is 0.321 e. The van der Waals surface area contributed by atoms with Gasteiger partial charge in [-0.05, 0) is 62.7 Å². The molecule has 0 spiro atoms. The lowest BCUT2D eigenvalue weighted by Gasteiger charge is -2.21. The third-order valence-corrected chi connectivity index (χ3v) is 4.41. The predicted octanol–water partition coefficient (Wildman–Crippen LogP) is 2.08. The fourth-order valence-electron chi connectivity index (χ4n) is 2.17. The maximum absolute atomic E-state index is 12.3. The Morgan fingerprint density at radius 1 is 1.30 bits per heavy atom.